The van der Waals surface area contributed by atoms with Gasteiger partial charge in [-0.3, -0.25) is 4.79 Å². The minimum absolute atomic E-state index is 0.0976. The Balaban J connectivity index is 2.09. The molecule has 2 aromatic carbocycles. The maximum absolute atomic E-state index is 12.4. The van der Waals surface area contributed by atoms with Crippen LogP contribution in [0.3, 0.4) is 0 Å². The molecule has 1 amide bonds. The summed E-state index contributed by atoms with van der Waals surface area (Å²) in [4.78, 5) is 14.5. The number of para-hydroxylation sites is 1. The predicted octanol–water partition coefficient (Wildman–Crippen LogP) is 1.12. The van der Waals surface area contributed by atoms with Crippen LogP contribution in [0, 0.1) is 6.92 Å². The smallest absolute Gasteiger partial charge is 0.475 e. The SMILES string of the molecule is Cc1cccc(C[C@H](NC(=O)c2ccc(CN(C)C)cc2)B(O)O)c1O. The molecule has 0 bridgehead atoms. The van der Waals surface area contributed by atoms with Crippen molar-refractivity contribution in [2.75, 3.05) is 14.1 Å². The van der Waals surface area contributed by atoms with Crippen LogP contribution in [0.4, 0.5) is 0 Å². The molecular weight excluding hydrogens is 331 g/mol. The Morgan fingerprint density at radius 2 is 1.81 bits per heavy atom. The predicted molar refractivity (Wildman–Crippen MR) is 102 cm³/mol. The number of nitrogens with one attached hydrogen (secondary N) is 1. The van der Waals surface area contributed by atoms with E-state index in [1.54, 1.807) is 37.3 Å². The number of phenolic OH excluding ortho intramolecular Hbond substituents is 1. The first-order valence-corrected chi connectivity index (χ1v) is 8.46. The van der Waals surface area contributed by atoms with E-state index in [1.807, 2.05) is 31.1 Å². The van der Waals surface area contributed by atoms with Crippen molar-refractivity contribution in [2.45, 2.75) is 25.8 Å². The van der Waals surface area contributed by atoms with Crippen LogP contribution in [0.1, 0.15) is 27.0 Å². The standard InChI is InChI=1S/C19H25BN2O4/c1-13-5-4-6-16(18(13)23)11-17(20(25)26)21-19(24)15-9-7-14(8-10-15)12-22(2)3/h4-10,17,23,25-26H,11-12H2,1-3H3,(H,21,24)/t17-/m0/s1. The molecule has 0 fully saturated rings. The fourth-order valence-corrected chi connectivity index (χ4v) is 2.73. The molecule has 1 atom stereocenters. The quantitative estimate of drug-likeness (QED) is 0.558. The normalized spacial score (nSPS) is 12.1. The number of carbonyl (C=O) groups excluding carboxylic acids is 1. The summed E-state index contributed by atoms with van der Waals surface area (Å²) in [7, 11) is 2.19. The third-order valence-corrected chi connectivity index (χ3v) is 4.15. The van der Waals surface area contributed by atoms with Gasteiger partial charge in [-0.15, -0.1) is 0 Å². The highest BCUT2D eigenvalue weighted by Crippen LogP contribution is 2.23. The highest BCUT2D eigenvalue weighted by atomic mass is 16.4. The molecule has 0 saturated heterocycles. The van der Waals surface area contributed by atoms with Crippen molar-refractivity contribution in [1.82, 2.24) is 10.2 Å². The average Bonchev–Trinajstić information content (AvgIpc) is 2.58. The zero-order chi connectivity index (χ0) is 19.3. The van der Waals surface area contributed by atoms with Gasteiger partial charge in [0.05, 0.1) is 5.94 Å². The lowest BCUT2D eigenvalue weighted by molar-refractivity contribution is 0.0942. The van der Waals surface area contributed by atoms with Gasteiger partial charge in [-0.25, -0.2) is 0 Å². The van der Waals surface area contributed by atoms with Crippen molar-refractivity contribution < 1.29 is 19.9 Å². The lowest BCUT2D eigenvalue weighted by Gasteiger charge is -2.19. The Hall–Kier alpha value is -2.35. The molecule has 6 nitrogen and oxygen atoms in total. The second-order valence-electron chi connectivity index (χ2n) is 6.72. The highest BCUT2D eigenvalue weighted by molar-refractivity contribution is 6.43. The molecule has 2 aromatic rings. The Labute approximate surface area is 154 Å². The molecular formula is C19H25BN2O4. The number of amides is 1. The van der Waals surface area contributed by atoms with Gasteiger partial charge >= 0.3 is 7.12 Å². The molecule has 0 saturated carbocycles. The molecule has 0 aliphatic heterocycles. The monoisotopic (exact) mass is 356 g/mol. The molecule has 138 valence electrons. The summed E-state index contributed by atoms with van der Waals surface area (Å²) < 4.78 is 0. The van der Waals surface area contributed by atoms with Crippen LogP contribution in [0.15, 0.2) is 42.5 Å². The molecule has 0 radical (unpaired) electrons. The zero-order valence-electron chi connectivity index (χ0n) is 15.3. The average molecular weight is 356 g/mol. The molecule has 4 N–H and O–H groups in total. The van der Waals surface area contributed by atoms with E-state index in [0.717, 1.165) is 12.1 Å². The van der Waals surface area contributed by atoms with E-state index in [4.69, 9.17) is 0 Å². The van der Waals surface area contributed by atoms with E-state index in [9.17, 15) is 19.9 Å². The Morgan fingerprint density at radius 1 is 1.15 bits per heavy atom. The van der Waals surface area contributed by atoms with Gasteiger partial charge in [0.1, 0.15) is 5.75 Å². The van der Waals surface area contributed by atoms with Gasteiger partial charge in [-0.1, -0.05) is 30.3 Å². The number of aryl methyl sites for hydroxylation is 1. The van der Waals surface area contributed by atoms with E-state index < -0.39 is 19.0 Å². The molecule has 2 rings (SSSR count). The van der Waals surface area contributed by atoms with Crippen molar-refractivity contribution in [3.63, 3.8) is 0 Å². The molecule has 26 heavy (non-hydrogen) atoms. The van der Waals surface area contributed by atoms with Crippen LogP contribution in [-0.4, -0.2) is 53.1 Å². The lowest BCUT2D eigenvalue weighted by atomic mass is 9.75. The number of aromatic hydroxyl groups is 1. The van der Waals surface area contributed by atoms with Gasteiger partial charge in [-0.2, -0.15) is 0 Å². The van der Waals surface area contributed by atoms with E-state index in [1.165, 1.54) is 0 Å². The van der Waals surface area contributed by atoms with Crippen LogP contribution < -0.4 is 5.32 Å². The number of nitrogens with zero attached hydrogens (tertiary/aromatic N) is 1. The Bertz CT molecular complexity index is 748. The summed E-state index contributed by atoms with van der Waals surface area (Å²) in [5.41, 5.74) is 2.75. The highest BCUT2D eigenvalue weighted by Gasteiger charge is 2.27. The van der Waals surface area contributed by atoms with Gasteiger partial charge in [0.25, 0.3) is 5.91 Å². The van der Waals surface area contributed by atoms with Gasteiger partial charge in [-0.05, 0) is 56.3 Å². The topological polar surface area (TPSA) is 93.0 Å². The number of benzene rings is 2. The van der Waals surface area contributed by atoms with Crippen LogP contribution in [-0.2, 0) is 13.0 Å². The summed E-state index contributed by atoms with van der Waals surface area (Å²) in [5.74, 6) is -1.23. The van der Waals surface area contributed by atoms with Crippen molar-refractivity contribution >= 4 is 13.0 Å². The van der Waals surface area contributed by atoms with E-state index >= 15 is 0 Å². The van der Waals surface area contributed by atoms with Gasteiger partial charge in [0, 0.05) is 12.1 Å². The maximum atomic E-state index is 12.4. The number of carbonyl (C=O) groups is 1. The molecule has 7 heteroatoms. The number of phenols is 1. The van der Waals surface area contributed by atoms with E-state index in [-0.39, 0.29) is 12.2 Å². The summed E-state index contributed by atoms with van der Waals surface area (Å²) in [6, 6.07) is 12.4. The van der Waals surface area contributed by atoms with Crippen LogP contribution in [0.2, 0.25) is 0 Å². The summed E-state index contributed by atoms with van der Waals surface area (Å²) in [5, 5.41) is 32.0. The third-order valence-electron chi connectivity index (χ3n) is 4.15. The van der Waals surface area contributed by atoms with Gasteiger partial charge in [0.2, 0.25) is 0 Å². The molecule has 0 aliphatic carbocycles. The van der Waals surface area contributed by atoms with Crippen molar-refractivity contribution in [1.29, 1.82) is 0 Å². The lowest BCUT2D eigenvalue weighted by Crippen LogP contribution is -2.47. The minimum atomic E-state index is -1.74. The second-order valence-corrected chi connectivity index (χ2v) is 6.72. The van der Waals surface area contributed by atoms with E-state index in [2.05, 4.69) is 5.32 Å². The number of rotatable bonds is 7. The second kappa shape index (κ2) is 8.85. The van der Waals surface area contributed by atoms with Crippen molar-refractivity contribution in [3.05, 3.63) is 64.7 Å². The first-order valence-electron chi connectivity index (χ1n) is 8.46. The Morgan fingerprint density at radius 3 is 2.38 bits per heavy atom. The summed E-state index contributed by atoms with van der Waals surface area (Å²) in [6.45, 7) is 2.53. The maximum Gasteiger partial charge on any atom is 0.475 e. The fourth-order valence-electron chi connectivity index (χ4n) is 2.73. The summed E-state index contributed by atoms with van der Waals surface area (Å²) >= 11 is 0. The summed E-state index contributed by atoms with van der Waals surface area (Å²) in [6.07, 6.45) is 0.107. The number of hydrogen-bond donors (Lipinski definition) is 4. The molecule has 0 aromatic heterocycles. The molecule has 0 heterocycles. The number of hydrogen-bond acceptors (Lipinski definition) is 5. The Kier molecular flexibility index (Phi) is 6.80. The first kappa shape index (κ1) is 20.0. The third kappa shape index (κ3) is 5.32. The van der Waals surface area contributed by atoms with Gasteiger partial charge in [0.15, 0.2) is 0 Å². The minimum Gasteiger partial charge on any atom is -0.507 e. The van der Waals surface area contributed by atoms with Crippen molar-refractivity contribution in [3.8, 4) is 5.75 Å². The van der Waals surface area contributed by atoms with Crippen LogP contribution in [0.5, 0.6) is 5.75 Å². The van der Waals surface area contributed by atoms with Crippen molar-refractivity contribution in [2.24, 2.45) is 0 Å². The van der Waals surface area contributed by atoms with Crippen LogP contribution in [0.25, 0.3) is 0 Å². The molecule has 0 spiro atoms. The van der Waals surface area contributed by atoms with Gasteiger partial charge < -0.3 is 25.4 Å². The van der Waals surface area contributed by atoms with Crippen LogP contribution >= 0.6 is 0 Å². The molecule has 0 unspecified atom stereocenters. The fraction of sp³-hybridized carbons (Fsp3) is 0.316. The zero-order valence-corrected chi connectivity index (χ0v) is 15.3. The molecule has 0 aliphatic rings. The first-order chi connectivity index (χ1) is 12.3. The largest absolute Gasteiger partial charge is 0.507 e. The van der Waals surface area contributed by atoms with E-state index in [0.29, 0.717) is 16.7 Å².